The molecule has 66 valence electrons. The van der Waals surface area contributed by atoms with Gasteiger partial charge in [0, 0.05) is 37.8 Å². The fraction of sp³-hybridized carbons (Fsp3) is 0.833. The van der Waals surface area contributed by atoms with E-state index in [1.54, 1.807) is 13.3 Å². The summed E-state index contributed by atoms with van der Waals surface area (Å²) in [6, 6.07) is 0. The second-order valence-corrected chi connectivity index (χ2v) is 3.91. The smallest absolute Gasteiger partial charge is 0.129 e. The van der Waals surface area contributed by atoms with Gasteiger partial charge in [-0.15, -0.1) is 0 Å². The Labute approximate surface area is 91.8 Å². The van der Waals surface area contributed by atoms with E-state index >= 15 is 0 Å². The minimum atomic E-state index is -3.54. The van der Waals surface area contributed by atoms with Crippen molar-refractivity contribution >= 4 is 7.60 Å². The molecule has 0 bridgehead atoms. The van der Waals surface area contributed by atoms with Crippen LogP contribution >= 0.6 is 7.60 Å². The maximum Gasteiger partial charge on any atom is 0.129 e. The fourth-order valence-electron chi connectivity index (χ4n) is 0.617. The van der Waals surface area contributed by atoms with E-state index in [-0.39, 0.29) is 37.2 Å². The van der Waals surface area contributed by atoms with Crippen molar-refractivity contribution in [2.45, 2.75) is 26.4 Å². The van der Waals surface area contributed by atoms with E-state index in [2.05, 4.69) is 4.52 Å². The van der Waals surface area contributed by atoms with Gasteiger partial charge in [0.1, 0.15) is 7.60 Å². The molecule has 0 aliphatic carbocycles. The van der Waals surface area contributed by atoms with Crippen LogP contribution in [0.5, 0.6) is 0 Å². The topological polar surface area (TPSA) is 49.4 Å². The summed E-state index contributed by atoms with van der Waals surface area (Å²) in [5, 5.41) is 0. The molecule has 0 aromatic carbocycles. The number of hydrogen-bond donors (Lipinski definition) is 0. The first-order valence-electron chi connectivity index (χ1n) is 3.26. The van der Waals surface area contributed by atoms with Crippen molar-refractivity contribution in [2.24, 2.45) is 0 Å². The Hall–Kier alpha value is 1.20. The van der Waals surface area contributed by atoms with E-state index in [0.29, 0.717) is 6.42 Å². The molecule has 0 saturated heterocycles. The SMILES string of the molecule is C[CH-]C(CC)OP(C)(=O)[O-].[U]. The number of rotatable bonds is 4. The van der Waals surface area contributed by atoms with Gasteiger partial charge in [0.2, 0.25) is 0 Å². The molecule has 5 heteroatoms. The molecule has 11 heavy (non-hydrogen) atoms. The molecule has 0 fully saturated rings. The zero-order chi connectivity index (χ0) is 8.20. The van der Waals surface area contributed by atoms with Gasteiger partial charge in [-0.25, -0.2) is 0 Å². The largest absolute Gasteiger partial charge is 0.779 e. The van der Waals surface area contributed by atoms with Gasteiger partial charge in [0.05, 0.1) is 0 Å². The van der Waals surface area contributed by atoms with E-state index in [4.69, 9.17) is 0 Å². The molecule has 2 unspecified atom stereocenters. The Morgan fingerprint density at radius 2 is 2.18 bits per heavy atom. The van der Waals surface area contributed by atoms with E-state index in [0.717, 1.165) is 6.66 Å². The summed E-state index contributed by atoms with van der Waals surface area (Å²) in [7, 11) is -3.54. The van der Waals surface area contributed by atoms with E-state index in [1.807, 2.05) is 6.92 Å². The van der Waals surface area contributed by atoms with Gasteiger partial charge >= 0.3 is 0 Å². The van der Waals surface area contributed by atoms with Gasteiger partial charge < -0.3 is 20.4 Å². The minimum Gasteiger partial charge on any atom is -0.779 e. The quantitative estimate of drug-likeness (QED) is 0.525. The molecule has 0 aliphatic heterocycles. The minimum absolute atomic E-state index is 0. The maximum absolute atomic E-state index is 10.5. The fourth-order valence-corrected chi connectivity index (χ4v) is 1.38. The Balaban J connectivity index is 0. The van der Waals surface area contributed by atoms with Crippen LogP contribution in [0.25, 0.3) is 0 Å². The molecule has 0 heterocycles. The van der Waals surface area contributed by atoms with Crippen molar-refractivity contribution in [3.05, 3.63) is 6.42 Å². The molecule has 0 amide bonds. The summed E-state index contributed by atoms with van der Waals surface area (Å²) >= 11 is 0. The van der Waals surface area contributed by atoms with Gasteiger partial charge in [-0.05, 0) is 0 Å². The molecule has 0 spiro atoms. The van der Waals surface area contributed by atoms with Crippen LogP contribution in [0.15, 0.2) is 0 Å². The van der Waals surface area contributed by atoms with Crippen molar-refractivity contribution in [1.29, 1.82) is 0 Å². The average Bonchev–Trinajstić information content (AvgIpc) is 1.81. The van der Waals surface area contributed by atoms with Crippen LogP contribution in [0, 0.1) is 37.5 Å². The molecule has 0 aliphatic rings. The van der Waals surface area contributed by atoms with Crippen LogP contribution in [0.1, 0.15) is 20.3 Å². The first kappa shape index (κ1) is 14.7. The third kappa shape index (κ3) is 9.11. The van der Waals surface area contributed by atoms with Gasteiger partial charge in [-0.2, -0.15) is 6.92 Å². The monoisotopic (exact) mass is 402 g/mol. The number of hydrogen-bond acceptors (Lipinski definition) is 3. The van der Waals surface area contributed by atoms with Crippen LogP contribution < -0.4 is 4.89 Å². The summed E-state index contributed by atoms with van der Waals surface area (Å²) < 4.78 is 15.2. The van der Waals surface area contributed by atoms with Crippen LogP contribution in [0.3, 0.4) is 0 Å². The Bertz CT molecular complexity index is 130. The molecular weight excluding hydrogens is 389 g/mol. The molecule has 0 aromatic heterocycles. The van der Waals surface area contributed by atoms with Gasteiger partial charge in [0.15, 0.2) is 0 Å². The van der Waals surface area contributed by atoms with E-state index < -0.39 is 7.60 Å². The Kier molecular flexibility index (Phi) is 8.95. The standard InChI is InChI=1S/C6H14O3P.U/c1-4-6(5-2)9-10(3,7)8;/h4,6H,5H2,1-3H3,(H,7,8);/q-1;/p-1. The molecule has 3 nitrogen and oxygen atoms in total. The van der Waals surface area contributed by atoms with Crippen molar-refractivity contribution < 1.29 is 45.1 Å². The van der Waals surface area contributed by atoms with Crippen LogP contribution in [-0.2, 0) is 9.09 Å². The first-order chi connectivity index (χ1) is 4.49. The van der Waals surface area contributed by atoms with Crippen LogP contribution in [0.2, 0.25) is 0 Å². The van der Waals surface area contributed by atoms with Gasteiger partial charge in [-0.3, -0.25) is 0 Å². The second-order valence-electron chi connectivity index (χ2n) is 2.16. The summed E-state index contributed by atoms with van der Waals surface area (Å²) in [4.78, 5) is 10.5. The van der Waals surface area contributed by atoms with Crippen LogP contribution in [0.4, 0.5) is 0 Å². The zero-order valence-corrected chi connectivity index (χ0v) is 12.1. The van der Waals surface area contributed by atoms with Crippen molar-refractivity contribution in [3.63, 3.8) is 0 Å². The van der Waals surface area contributed by atoms with Gasteiger partial charge in [-0.1, -0.05) is 19.4 Å². The molecule has 0 rings (SSSR count). The van der Waals surface area contributed by atoms with Gasteiger partial charge in [0.25, 0.3) is 0 Å². The molecular formula is C6H13O3PU-2. The molecule has 0 radical (unpaired) electrons. The third-order valence-electron chi connectivity index (χ3n) is 1.10. The van der Waals surface area contributed by atoms with E-state index in [9.17, 15) is 9.46 Å². The maximum atomic E-state index is 10.5. The van der Waals surface area contributed by atoms with Crippen molar-refractivity contribution in [1.82, 2.24) is 0 Å². The van der Waals surface area contributed by atoms with Crippen molar-refractivity contribution in [3.8, 4) is 0 Å². The average molecular weight is 402 g/mol. The third-order valence-corrected chi connectivity index (χ3v) is 1.75. The Morgan fingerprint density at radius 3 is 2.27 bits per heavy atom. The molecule has 0 aromatic rings. The van der Waals surface area contributed by atoms with Crippen molar-refractivity contribution in [2.75, 3.05) is 6.66 Å². The molecule has 2 atom stereocenters. The summed E-state index contributed by atoms with van der Waals surface area (Å²) in [6.07, 6.45) is 2.17. The zero-order valence-electron chi connectivity index (χ0n) is 7.03. The van der Waals surface area contributed by atoms with Crippen LogP contribution in [-0.4, -0.2) is 12.8 Å². The summed E-state index contributed by atoms with van der Waals surface area (Å²) in [6.45, 7) is 4.74. The first-order valence-corrected chi connectivity index (χ1v) is 5.25. The predicted octanol–water partition coefficient (Wildman–Crippen LogP) is 1.19. The summed E-state index contributed by atoms with van der Waals surface area (Å²) in [5.74, 6) is 0. The summed E-state index contributed by atoms with van der Waals surface area (Å²) in [5.41, 5.74) is 0. The normalized spacial score (nSPS) is 18.2. The molecule has 0 saturated carbocycles. The second kappa shape index (κ2) is 6.69. The molecule has 0 N–H and O–H groups in total. The predicted molar refractivity (Wildman–Crippen MR) is 38.7 cm³/mol. The Morgan fingerprint density at radius 1 is 1.73 bits per heavy atom. The van der Waals surface area contributed by atoms with E-state index in [1.165, 1.54) is 0 Å².